The van der Waals surface area contributed by atoms with Gasteiger partial charge in [0.25, 0.3) is 0 Å². The fourth-order valence-electron chi connectivity index (χ4n) is 2.74. The van der Waals surface area contributed by atoms with Gasteiger partial charge in [-0.05, 0) is 49.4 Å². The number of rotatable bonds is 5. The molecule has 21 heavy (non-hydrogen) atoms. The number of hydrogen-bond acceptors (Lipinski definition) is 4. The Morgan fingerprint density at radius 3 is 2.67 bits per heavy atom. The van der Waals surface area contributed by atoms with E-state index in [0.717, 1.165) is 19.3 Å². The summed E-state index contributed by atoms with van der Waals surface area (Å²) in [6.07, 6.45) is 2.74. The molecule has 2 N–H and O–H groups in total. The molecule has 0 unspecified atom stereocenters. The molecule has 1 heterocycles. The topological polar surface area (TPSA) is 87.2 Å². The molecule has 1 aliphatic heterocycles. The third-order valence-corrected chi connectivity index (χ3v) is 5.80. The molecule has 0 bridgehead atoms. The molecule has 1 fully saturated rings. The summed E-state index contributed by atoms with van der Waals surface area (Å²) in [5.41, 5.74) is 6.71. The number of hydrogen-bond donors (Lipinski definition) is 1. The Hall–Kier alpha value is -1.42. The van der Waals surface area contributed by atoms with Gasteiger partial charge in [-0.25, -0.2) is 12.7 Å². The van der Waals surface area contributed by atoms with Gasteiger partial charge in [0.1, 0.15) is 0 Å². The van der Waals surface area contributed by atoms with Gasteiger partial charge < -0.3 is 5.73 Å². The first kappa shape index (κ1) is 16.0. The normalized spacial score (nSPS) is 17.5. The van der Waals surface area contributed by atoms with Crippen LogP contribution in [0, 0.1) is 17.2 Å². The Balaban J connectivity index is 2.01. The summed E-state index contributed by atoms with van der Waals surface area (Å²) < 4.78 is 26.4. The Morgan fingerprint density at radius 2 is 2.05 bits per heavy atom. The van der Waals surface area contributed by atoms with Crippen molar-refractivity contribution in [2.45, 2.75) is 25.0 Å². The van der Waals surface area contributed by atoms with Gasteiger partial charge in [0.2, 0.25) is 10.0 Å². The van der Waals surface area contributed by atoms with Crippen molar-refractivity contribution < 1.29 is 8.42 Å². The predicted molar refractivity (Wildman–Crippen MR) is 81.7 cm³/mol. The molecule has 0 saturated carbocycles. The minimum absolute atomic E-state index is 0.0376. The Bertz CT molecular complexity index is 614. The second-order valence-electron chi connectivity index (χ2n) is 5.49. The first-order valence-corrected chi connectivity index (χ1v) is 8.83. The fraction of sp³-hybridized carbons (Fsp3) is 0.533. The smallest absolute Gasteiger partial charge is 0.218 e. The van der Waals surface area contributed by atoms with E-state index in [1.54, 1.807) is 28.6 Å². The molecular weight excluding hydrogens is 286 g/mol. The van der Waals surface area contributed by atoms with E-state index in [1.165, 1.54) is 0 Å². The number of nitrogens with zero attached hydrogens (tertiary/aromatic N) is 2. The van der Waals surface area contributed by atoms with Gasteiger partial charge in [-0.1, -0.05) is 12.1 Å². The third kappa shape index (κ3) is 4.27. The van der Waals surface area contributed by atoms with Crippen LogP contribution in [0.2, 0.25) is 0 Å². The van der Waals surface area contributed by atoms with Crippen molar-refractivity contribution in [2.75, 3.05) is 19.6 Å². The lowest BCUT2D eigenvalue weighted by Crippen LogP contribution is -2.39. The van der Waals surface area contributed by atoms with E-state index in [1.807, 2.05) is 6.07 Å². The molecule has 0 aromatic heterocycles. The molecule has 0 spiro atoms. The summed E-state index contributed by atoms with van der Waals surface area (Å²) in [5, 5.41) is 8.87. The van der Waals surface area contributed by atoms with Gasteiger partial charge in [0.15, 0.2) is 0 Å². The first-order valence-electron chi connectivity index (χ1n) is 7.22. The average Bonchev–Trinajstić information content (AvgIpc) is 2.48. The van der Waals surface area contributed by atoms with Crippen LogP contribution in [-0.4, -0.2) is 32.4 Å². The maximum absolute atomic E-state index is 12.4. The summed E-state index contributed by atoms with van der Waals surface area (Å²) in [6.45, 7) is 1.81. The number of nitriles is 1. The summed E-state index contributed by atoms with van der Waals surface area (Å²) in [6, 6.07) is 8.81. The Kier molecular flexibility index (Phi) is 5.34. The zero-order chi connectivity index (χ0) is 15.3. The van der Waals surface area contributed by atoms with Crippen molar-refractivity contribution in [1.29, 1.82) is 5.26 Å². The van der Waals surface area contributed by atoms with E-state index in [0.29, 0.717) is 36.7 Å². The van der Waals surface area contributed by atoms with Crippen LogP contribution in [0.25, 0.3) is 0 Å². The van der Waals surface area contributed by atoms with Crippen molar-refractivity contribution in [3.8, 4) is 6.07 Å². The van der Waals surface area contributed by atoms with Gasteiger partial charge in [-0.15, -0.1) is 0 Å². The maximum atomic E-state index is 12.4. The van der Waals surface area contributed by atoms with Gasteiger partial charge in [0.05, 0.1) is 17.4 Å². The zero-order valence-electron chi connectivity index (χ0n) is 12.0. The van der Waals surface area contributed by atoms with Crippen molar-refractivity contribution in [2.24, 2.45) is 11.7 Å². The standard InChI is InChI=1S/C15H21N3O2S/c16-7-4-13-5-8-18(9-6-13)21(19,20)12-15-3-1-2-14(10-15)11-17/h1-3,10,13H,4-9,12,16H2. The minimum atomic E-state index is -3.31. The van der Waals surface area contributed by atoms with Crippen molar-refractivity contribution in [1.82, 2.24) is 4.31 Å². The van der Waals surface area contributed by atoms with Crippen LogP contribution in [0.5, 0.6) is 0 Å². The summed E-state index contributed by atoms with van der Waals surface area (Å²) in [5.74, 6) is 0.507. The van der Waals surface area contributed by atoms with E-state index < -0.39 is 10.0 Å². The van der Waals surface area contributed by atoms with Gasteiger partial charge in [-0.3, -0.25) is 0 Å². The molecule has 0 radical (unpaired) electrons. The van der Waals surface area contributed by atoms with E-state index in [4.69, 9.17) is 11.0 Å². The van der Waals surface area contributed by atoms with Gasteiger partial charge in [-0.2, -0.15) is 5.26 Å². The highest BCUT2D eigenvalue weighted by Crippen LogP contribution is 2.23. The number of sulfonamides is 1. The molecule has 1 aromatic carbocycles. The molecule has 0 amide bonds. The Labute approximate surface area is 126 Å². The second kappa shape index (κ2) is 7.03. The highest BCUT2D eigenvalue weighted by Gasteiger charge is 2.27. The summed E-state index contributed by atoms with van der Waals surface area (Å²) >= 11 is 0. The van der Waals surface area contributed by atoms with Crippen LogP contribution in [0.1, 0.15) is 30.4 Å². The van der Waals surface area contributed by atoms with Crippen molar-refractivity contribution in [3.05, 3.63) is 35.4 Å². The third-order valence-electron chi connectivity index (χ3n) is 3.95. The maximum Gasteiger partial charge on any atom is 0.218 e. The van der Waals surface area contributed by atoms with Crippen molar-refractivity contribution in [3.63, 3.8) is 0 Å². The van der Waals surface area contributed by atoms with Crippen LogP contribution >= 0.6 is 0 Å². The zero-order valence-corrected chi connectivity index (χ0v) is 12.8. The van der Waals surface area contributed by atoms with Crippen LogP contribution < -0.4 is 5.73 Å². The number of nitrogens with two attached hydrogens (primary N) is 1. The van der Waals surface area contributed by atoms with E-state index in [9.17, 15) is 8.42 Å². The van der Waals surface area contributed by atoms with Crippen molar-refractivity contribution >= 4 is 10.0 Å². The monoisotopic (exact) mass is 307 g/mol. The lowest BCUT2D eigenvalue weighted by atomic mass is 9.95. The second-order valence-corrected chi connectivity index (χ2v) is 7.46. The quantitative estimate of drug-likeness (QED) is 0.892. The SMILES string of the molecule is N#Cc1cccc(CS(=O)(=O)N2CCC(CCN)CC2)c1. The van der Waals surface area contributed by atoms with Gasteiger partial charge >= 0.3 is 0 Å². The lowest BCUT2D eigenvalue weighted by molar-refractivity contribution is 0.265. The first-order chi connectivity index (χ1) is 10.0. The molecule has 1 aliphatic rings. The molecular formula is C15H21N3O2S. The number of piperidine rings is 1. The van der Waals surface area contributed by atoms with Crippen LogP contribution in [-0.2, 0) is 15.8 Å². The molecule has 114 valence electrons. The predicted octanol–water partition coefficient (Wildman–Crippen LogP) is 1.45. The molecule has 0 aliphatic carbocycles. The average molecular weight is 307 g/mol. The molecule has 5 nitrogen and oxygen atoms in total. The largest absolute Gasteiger partial charge is 0.330 e. The van der Waals surface area contributed by atoms with E-state index in [-0.39, 0.29) is 5.75 Å². The van der Waals surface area contributed by atoms with Crippen LogP contribution in [0.4, 0.5) is 0 Å². The lowest BCUT2D eigenvalue weighted by Gasteiger charge is -2.31. The summed E-state index contributed by atoms with van der Waals surface area (Å²) in [7, 11) is -3.31. The molecule has 1 aromatic rings. The van der Waals surface area contributed by atoms with Crippen LogP contribution in [0.3, 0.4) is 0 Å². The fourth-order valence-corrected chi connectivity index (χ4v) is 4.29. The minimum Gasteiger partial charge on any atom is -0.330 e. The highest BCUT2D eigenvalue weighted by molar-refractivity contribution is 7.88. The molecule has 0 atom stereocenters. The number of benzene rings is 1. The Morgan fingerprint density at radius 1 is 1.33 bits per heavy atom. The highest BCUT2D eigenvalue weighted by atomic mass is 32.2. The van der Waals surface area contributed by atoms with E-state index in [2.05, 4.69) is 0 Å². The molecule has 1 saturated heterocycles. The molecule has 6 heteroatoms. The van der Waals surface area contributed by atoms with Crippen LogP contribution in [0.15, 0.2) is 24.3 Å². The summed E-state index contributed by atoms with van der Waals surface area (Å²) in [4.78, 5) is 0. The molecule has 2 rings (SSSR count). The van der Waals surface area contributed by atoms with E-state index >= 15 is 0 Å². The van der Waals surface area contributed by atoms with Gasteiger partial charge in [0, 0.05) is 13.1 Å².